The van der Waals surface area contributed by atoms with Gasteiger partial charge in [-0.2, -0.15) is 0 Å². The minimum absolute atomic E-state index is 0. The van der Waals surface area contributed by atoms with E-state index in [1.165, 1.54) is 25.0 Å². The number of halogens is 1. The summed E-state index contributed by atoms with van der Waals surface area (Å²) in [7, 11) is -3.64. The van der Waals surface area contributed by atoms with Gasteiger partial charge in [0.05, 0.1) is 4.90 Å². The number of sulfonamides is 1. The van der Waals surface area contributed by atoms with Gasteiger partial charge in [-0.05, 0) is 50.3 Å². The molecule has 4 N–H and O–H groups in total. The van der Waals surface area contributed by atoms with Crippen LogP contribution in [0.3, 0.4) is 0 Å². The first-order valence-electron chi connectivity index (χ1n) is 9.39. The van der Waals surface area contributed by atoms with Crippen molar-refractivity contribution in [2.24, 2.45) is 16.0 Å². The Labute approximate surface area is 181 Å². The van der Waals surface area contributed by atoms with Crippen molar-refractivity contribution >= 4 is 40.0 Å². The van der Waals surface area contributed by atoms with Crippen LogP contribution in [0.1, 0.15) is 52.5 Å². The maximum atomic E-state index is 11.3. The highest BCUT2D eigenvalue weighted by Crippen LogP contribution is 2.10. The van der Waals surface area contributed by atoms with Crippen molar-refractivity contribution in [1.29, 1.82) is 0 Å². The largest absolute Gasteiger partial charge is 0.357 e. The highest BCUT2D eigenvalue weighted by Gasteiger charge is 2.07. The minimum atomic E-state index is -3.64. The Morgan fingerprint density at radius 1 is 1.15 bits per heavy atom. The van der Waals surface area contributed by atoms with E-state index in [2.05, 4.69) is 36.4 Å². The second kappa shape index (κ2) is 13.3. The molecule has 156 valence electrons. The average molecular weight is 510 g/mol. The number of guanidine groups is 1. The number of hydrogen-bond donors (Lipinski definition) is 3. The first-order chi connectivity index (χ1) is 12.2. The number of primary sulfonamides is 1. The molecule has 0 aliphatic heterocycles. The van der Waals surface area contributed by atoms with Crippen LogP contribution in [0.25, 0.3) is 0 Å². The Balaban J connectivity index is 0.00000676. The van der Waals surface area contributed by atoms with Crippen molar-refractivity contribution in [2.75, 3.05) is 13.1 Å². The Bertz CT molecular complexity index is 661. The molecule has 0 radical (unpaired) electrons. The van der Waals surface area contributed by atoms with E-state index < -0.39 is 10.0 Å². The zero-order valence-corrected chi connectivity index (χ0v) is 20.0. The summed E-state index contributed by atoms with van der Waals surface area (Å²) in [5.41, 5.74) is 1.03. The van der Waals surface area contributed by atoms with Crippen LogP contribution in [0.5, 0.6) is 0 Å². The lowest BCUT2D eigenvalue weighted by molar-refractivity contribution is 0.491. The van der Waals surface area contributed by atoms with E-state index in [0.717, 1.165) is 36.8 Å². The predicted molar refractivity (Wildman–Crippen MR) is 124 cm³/mol. The lowest BCUT2D eigenvalue weighted by Crippen LogP contribution is -2.42. The molecule has 8 heteroatoms. The minimum Gasteiger partial charge on any atom is -0.357 e. The Morgan fingerprint density at radius 2 is 1.78 bits per heavy atom. The molecule has 0 saturated carbocycles. The number of nitrogens with one attached hydrogen (secondary N) is 2. The van der Waals surface area contributed by atoms with Crippen molar-refractivity contribution in [1.82, 2.24) is 10.6 Å². The number of rotatable bonds is 10. The summed E-state index contributed by atoms with van der Waals surface area (Å²) in [4.78, 5) is 4.75. The standard InChI is InChI=1S/C19H34N4O2S.HI/c1-5-21-19(23-16(4)8-6-7-15(2)3)22-14-13-17-9-11-18(12-10-17)26(20,24)25;/h9-12,15-16H,5-8,13-14H2,1-4H3,(H2,20,24,25)(H2,21,22,23);1H. The van der Waals surface area contributed by atoms with Gasteiger partial charge in [0, 0.05) is 19.1 Å². The van der Waals surface area contributed by atoms with Crippen molar-refractivity contribution in [3.05, 3.63) is 29.8 Å². The lowest BCUT2D eigenvalue weighted by atomic mass is 10.0. The van der Waals surface area contributed by atoms with Crippen LogP contribution in [0.4, 0.5) is 0 Å². The maximum Gasteiger partial charge on any atom is 0.238 e. The van der Waals surface area contributed by atoms with Crippen molar-refractivity contribution < 1.29 is 8.42 Å². The van der Waals surface area contributed by atoms with Crippen LogP contribution in [0.2, 0.25) is 0 Å². The molecule has 6 nitrogen and oxygen atoms in total. The number of benzene rings is 1. The second-order valence-corrected chi connectivity index (χ2v) is 8.63. The SMILES string of the molecule is CCNC(=NCCc1ccc(S(N)(=O)=O)cc1)NC(C)CCCC(C)C.I. The summed E-state index contributed by atoms with van der Waals surface area (Å²) >= 11 is 0. The third-order valence-electron chi connectivity index (χ3n) is 4.07. The van der Waals surface area contributed by atoms with Gasteiger partial charge in [0.25, 0.3) is 0 Å². The molecular weight excluding hydrogens is 475 g/mol. The zero-order chi connectivity index (χ0) is 19.6. The summed E-state index contributed by atoms with van der Waals surface area (Å²) in [6.45, 7) is 10.2. The fourth-order valence-corrected chi connectivity index (χ4v) is 3.12. The molecular formula is C19H35IN4O2S. The van der Waals surface area contributed by atoms with Gasteiger partial charge in [-0.25, -0.2) is 13.6 Å². The van der Waals surface area contributed by atoms with Crippen LogP contribution in [0, 0.1) is 5.92 Å². The second-order valence-electron chi connectivity index (χ2n) is 7.07. The van der Waals surface area contributed by atoms with E-state index in [9.17, 15) is 8.42 Å². The van der Waals surface area contributed by atoms with Crippen LogP contribution in [0.15, 0.2) is 34.2 Å². The highest BCUT2D eigenvalue weighted by atomic mass is 127. The molecule has 1 aromatic carbocycles. The van der Waals surface area contributed by atoms with E-state index in [4.69, 9.17) is 5.14 Å². The molecule has 0 aliphatic carbocycles. The molecule has 0 amide bonds. The van der Waals surface area contributed by atoms with Crippen molar-refractivity contribution in [3.8, 4) is 0 Å². The maximum absolute atomic E-state index is 11.3. The molecule has 0 bridgehead atoms. The summed E-state index contributed by atoms with van der Waals surface area (Å²) in [5.74, 6) is 1.57. The number of aliphatic imine (C=N–C) groups is 1. The topological polar surface area (TPSA) is 96.6 Å². The molecule has 1 rings (SSSR count). The van der Waals surface area contributed by atoms with Gasteiger partial charge in [-0.1, -0.05) is 38.8 Å². The molecule has 1 atom stereocenters. The molecule has 0 aliphatic rings. The van der Waals surface area contributed by atoms with Gasteiger partial charge in [0.2, 0.25) is 10.0 Å². The molecule has 27 heavy (non-hydrogen) atoms. The molecule has 0 aromatic heterocycles. The molecule has 0 heterocycles. The zero-order valence-electron chi connectivity index (χ0n) is 16.9. The third-order valence-corrected chi connectivity index (χ3v) is 5.00. The van der Waals surface area contributed by atoms with Crippen LogP contribution < -0.4 is 15.8 Å². The first-order valence-corrected chi connectivity index (χ1v) is 10.9. The third kappa shape index (κ3) is 11.5. The fraction of sp³-hybridized carbons (Fsp3) is 0.632. The van der Waals surface area contributed by atoms with Crippen molar-refractivity contribution in [2.45, 2.75) is 64.3 Å². The van der Waals surface area contributed by atoms with E-state index >= 15 is 0 Å². The van der Waals surface area contributed by atoms with Gasteiger partial charge in [-0.3, -0.25) is 4.99 Å². The smallest absolute Gasteiger partial charge is 0.238 e. The van der Waals surface area contributed by atoms with Gasteiger partial charge in [-0.15, -0.1) is 24.0 Å². The number of hydrogen-bond acceptors (Lipinski definition) is 3. The van der Waals surface area contributed by atoms with Gasteiger partial charge < -0.3 is 10.6 Å². The van der Waals surface area contributed by atoms with E-state index in [1.807, 2.05) is 6.92 Å². The highest BCUT2D eigenvalue weighted by molar-refractivity contribution is 14.0. The summed E-state index contributed by atoms with van der Waals surface area (Å²) < 4.78 is 22.5. The Kier molecular flexibility index (Phi) is 12.9. The molecule has 1 unspecified atom stereocenters. The van der Waals surface area contributed by atoms with E-state index in [1.54, 1.807) is 12.1 Å². The van der Waals surface area contributed by atoms with Crippen LogP contribution >= 0.6 is 24.0 Å². The monoisotopic (exact) mass is 510 g/mol. The normalized spacial score (nSPS) is 13.2. The number of nitrogens with zero attached hydrogens (tertiary/aromatic N) is 1. The molecule has 0 saturated heterocycles. The summed E-state index contributed by atoms with van der Waals surface area (Å²) in [5, 5.41) is 11.8. The fourth-order valence-electron chi connectivity index (χ4n) is 2.60. The van der Waals surface area contributed by atoms with E-state index in [0.29, 0.717) is 12.6 Å². The average Bonchev–Trinajstić information content (AvgIpc) is 2.54. The van der Waals surface area contributed by atoms with Gasteiger partial charge >= 0.3 is 0 Å². The number of nitrogens with two attached hydrogens (primary N) is 1. The van der Waals surface area contributed by atoms with Crippen molar-refractivity contribution in [3.63, 3.8) is 0 Å². The van der Waals surface area contributed by atoms with Crippen LogP contribution in [-0.4, -0.2) is 33.5 Å². The van der Waals surface area contributed by atoms with Gasteiger partial charge in [0.1, 0.15) is 0 Å². The summed E-state index contributed by atoms with van der Waals surface area (Å²) in [6, 6.07) is 7.01. The summed E-state index contributed by atoms with van der Waals surface area (Å²) in [6.07, 6.45) is 4.32. The Morgan fingerprint density at radius 3 is 2.30 bits per heavy atom. The predicted octanol–water partition coefficient (Wildman–Crippen LogP) is 3.26. The lowest BCUT2D eigenvalue weighted by Gasteiger charge is -2.18. The molecule has 0 spiro atoms. The van der Waals surface area contributed by atoms with E-state index in [-0.39, 0.29) is 28.9 Å². The Hall–Kier alpha value is -0.870. The quantitative estimate of drug-likeness (QED) is 0.256. The van der Waals surface area contributed by atoms with Gasteiger partial charge in [0.15, 0.2) is 5.96 Å². The first kappa shape index (κ1) is 26.1. The molecule has 0 fully saturated rings. The molecule has 1 aromatic rings. The van der Waals surface area contributed by atoms with Crippen LogP contribution in [-0.2, 0) is 16.4 Å².